The first-order chi connectivity index (χ1) is 22.4. The molecule has 2 aromatic carbocycles. The number of thiophene rings is 1. The number of pyridine rings is 1. The molecule has 5 heterocycles. The standard InChI is InChI=1S/C35H32F2N6O3S/c1-6-29(44)42-10-11-43-27(19(42)2)16-25(40-43)33-31(30-24(37)14-22(36)15-28(30)46-18-35(3,4)45)34-23(9-12-47-34)32(39-33)20-7-8-26-21(13-20)17-38-41(26)5/h6-9,12-17,19,45H,1,10-11,18H2,2-5H3/t19-/m1/s1. The third kappa shape index (κ3) is 5.36. The largest absolute Gasteiger partial charge is 0.490 e. The van der Waals surface area contributed by atoms with Gasteiger partial charge >= 0.3 is 0 Å². The van der Waals surface area contributed by atoms with Crippen LogP contribution >= 0.6 is 11.3 Å². The number of benzene rings is 2. The second-order valence-corrected chi connectivity index (χ2v) is 13.3. The summed E-state index contributed by atoms with van der Waals surface area (Å²) in [5.74, 6) is -1.89. The van der Waals surface area contributed by atoms with Gasteiger partial charge in [-0.1, -0.05) is 12.6 Å². The van der Waals surface area contributed by atoms with Gasteiger partial charge in [0, 0.05) is 52.3 Å². The van der Waals surface area contributed by atoms with E-state index in [1.165, 1.54) is 17.4 Å². The Morgan fingerprint density at radius 2 is 1.96 bits per heavy atom. The predicted molar refractivity (Wildman–Crippen MR) is 178 cm³/mol. The van der Waals surface area contributed by atoms with Crippen LogP contribution in [0.25, 0.3) is 54.8 Å². The zero-order valence-corrected chi connectivity index (χ0v) is 27.1. The fourth-order valence-corrected chi connectivity index (χ4v) is 7.12. The topological polar surface area (TPSA) is 98.3 Å². The van der Waals surface area contributed by atoms with Crippen molar-refractivity contribution in [1.82, 2.24) is 29.4 Å². The lowest BCUT2D eigenvalue weighted by atomic mass is 9.96. The number of hydrogen-bond donors (Lipinski definition) is 1. The number of fused-ring (bicyclic) bond motifs is 3. The van der Waals surface area contributed by atoms with E-state index in [1.807, 2.05) is 54.4 Å². The quantitative estimate of drug-likeness (QED) is 0.188. The molecule has 4 aromatic heterocycles. The molecule has 7 rings (SSSR count). The third-order valence-corrected chi connectivity index (χ3v) is 9.37. The van der Waals surface area contributed by atoms with E-state index in [4.69, 9.17) is 14.8 Å². The van der Waals surface area contributed by atoms with Crippen molar-refractivity contribution in [3.8, 4) is 39.5 Å². The van der Waals surface area contributed by atoms with Gasteiger partial charge in [-0.05, 0) is 56.5 Å². The number of ether oxygens (including phenoxy) is 1. The smallest absolute Gasteiger partial charge is 0.246 e. The van der Waals surface area contributed by atoms with E-state index in [-0.39, 0.29) is 29.9 Å². The molecule has 12 heteroatoms. The Morgan fingerprint density at radius 1 is 1.15 bits per heavy atom. The molecule has 0 saturated carbocycles. The zero-order chi connectivity index (χ0) is 33.2. The molecule has 0 aliphatic carbocycles. The third-order valence-electron chi connectivity index (χ3n) is 8.44. The maximum atomic E-state index is 16.1. The van der Waals surface area contributed by atoms with Crippen LogP contribution in [-0.2, 0) is 18.4 Å². The van der Waals surface area contributed by atoms with Crippen molar-refractivity contribution in [3.05, 3.63) is 84.0 Å². The van der Waals surface area contributed by atoms with E-state index in [2.05, 4.69) is 11.7 Å². The van der Waals surface area contributed by atoms with Gasteiger partial charge in [-0.15, -0.1) is 11.3 Å². The molecule has 6 aromatic rings. The normalized spacial score (nSPS) is 15.0. The molecule has 0 saturated heterocycles. The SMILES string of the molecule is C=CC(=O)N1CCn2nc(-c3nc(-c4ccc5c(cnn5C)c4)c4ccsc4c3-c3c(F)cc(F)cc3OCC(C)(C)O)cc2[C@H]1C. The second-order valence-electron chi connectivity index (χ2n) is 12.3. The van der Waals surface area contributed by atoms with Gasteiger partial charge in [-0.25, -0.2) is 13.8 Å². The van der Waals surface area contributed by atoms with Crippen molar-refractivity contribution in [3.63, 3.8) is 0 Å². The van der Waals surface area contributed by atoms with Crippen LogP contribution in [0, 0.1) is 11.6 Å². The van der Waals surface area contributed by atoms with Crippen LogP contribution in [0.2, 0.25) is 0 Å². The highest BCUT2D eigenvalue weighted by atomic mass is 32.1. The average molecular weight is 655 g/mol. The first kappa shape index (κ1) is 30.7. The Kier molecular flexibility index (Phi) is 7.44. The molecule has 240 valence electrons. The summed E-state index contributed by atoms with van der Waals surface area (Å²) in [5.41, 5.74) is 3.23. The molecule has 0 bridgehead atoms. The number of hydrogen-bond acceptors (Lipinski definition) is 7. The highest BCUT2D eigenvalue weighted by Gasteiger charge is 2.31. The number of halogens is 2. The molecule has 9 nitrogen and oxygen atoms in total. The summed E-state index contributed by atoms with van der Waals surface area (Å²) >= 11 is 1.40. The molecular weight excluding hydrogens is 622 g/mol. The molecule has 0 spiro atoms. The number of rotatable bonds is 7. The van der Waals surface area contributed by atoms with Crippen LogP contribution in [0.3, 0.4) is 0 Å². The molecule has 0 radical (unpaired) electrons. The summed E-state index contributed by atoms with van der Waals surface area (Å²) in [6.45, 7) is 9.36. The number of carbonyl (C=O) groups excluding carboxylic acids is 1. The zero-order valence-electron chi connectivity index (χ0n) is 26.3. The Bertz CT molecular complexity index is 2210. The maximum absolute atomic E-state index is 16.1. The van der Waals surface area contributed by atoms with Crippen LogP contribution in [0.15, 0.2) is 66.7 Å². The predicted octanol–water partition coefficient (Wildman–Crippen LogP) is 6.90. The average Bonchev–Trinajstić information content (AvgIpc) is 3.78. The number of aryl methyl sites for hydroxylation is 1. The van der Waals surface area contributed by atoms with Crippen molar-refractivity contribution in [1.29, 1.82) is 0 Å². The van der Waals surface area contributed by atoms with E-state index in [9.17, 15) is 14.3 Å². The lowest BCUT2D eigenvalue weighted by Crippen LogP contribution is -2.40. The Morgan fingerprint density at radius 3 is 2.72 bits per heavy atom. The van der Waals surface area contributed by atoms with Crippen LogP contribution in [0.1, 0.15) is 32.5 Å². The van der Waals surface area contributed by atoms with Gasteiger partial charge in [0.1, 0.15) is 35.4 Å². The Hall–Kier alpha value is -4.94. The molecule has 47 heavy (non-hydrogen) atoms. The number of carbonyl (C=O) groups is 1. The summed E-state index contributed by atoms with van der Waals surface area (Å²) in [6.07, 6.45) is 3.09. The van der Waals surface area contributed by atoms with Gasteiger partial charge in [-0.2, -0.15) is 10.2 Å². The molecule has 1 N–H and O–H groups in total. The molecule has 0 fully saturated rings. The number of aliphatic hydroxyl groups is 1. The lowest BCUT2D eigenvalue weighted by molar-refractivity contribution is -0.129. The van der Waals surface area contributed by atoms with E-state index in [1.54, 1.807) is 29.6 Å². The lowest BCUT2D eigenvalue weighted by Gasteiger charge is -2.33. The van der Waals surface area contributed by atoms with E-state index >= 15 is 4.39 Å². The highest BCUT2D eigenvalue weighted by molar-refractivity contribution is 7.18. The van der Waals surface area contributed by atoms with Gasteiger partial charge < -0.3 is 14.7 Å². The van der Waals surface area contributed by atoms with Gasteiger partial charge in [0.05, 0.1) is 46.9 Å². The summed E-state index contributed by atoms with van der Waals surface area (Å²) in [4.78, 5) is 19.5. The number of aromatic nitrogens is 5. The van der Waals surface area contributed by atoms with Crippen molar-refractivity contribution in [2.45, 2.75) is 39.0 Å². The van der Waals surface area contributed by atoms with E-state index < -0.39 is 17.2 Å². The monoisotopic (exact) mass is 654 g/mol. The summed E-state index contributed by atoms with van der Waals surface area (Å²) < 4.78 is 41.1. The summed E-state index contributed by atoms with van der Waals surface area (Å²) in [6, 6.07) is 11.4. The molecule has 1 amide bonds. The fourth-order valence-electron chi connectivity index (χ4n) is 6.17. The number of nitrogens with zero attached hydrogens (tertiary/aromatic N) is 6. The van der Waals surface area contributed by atoms with Crippen molar-refractivity contribution in [2.24, 2.45) is 7.05 Å². The fraction of sp³-hybridized carbons (Fsp3) is 0.257. The minimum absolute atomic E-state index is 0.0161. The van der Waals surface area contributed by atoms with Crippen LogP contribution in [0.4, 0.5) is 8.78 Å². The van der Waals surface area contributed by atoms with Crippen molar-refractivity contribution < 1.29 is 23.4 Å². The Balaban J connectivity index is 1.51. The highest BCUT2D eigenvalue weighted by Crippen LogP contribution is 2.47. The summed E-state index contributed by atoms with van der Waals surface area (Å²) in [5, 5.41) is 23.3. The van der Waals surface area contributed by atoms with Crippen molar-refractivity contribution >= 4 is 38.2 Å². The van der Waals surface area contributed by atoms with Crippen LogP contribution in [0.5, 0.6) is 5.75 Å². The van der Waals surface area contributed by atoms with Gasteiger partial charge in [0.15, 0.2) is 0 Å². The number of amides is 1. The van der Waals surface area contributed by atoms with Gasteiger partial charge in [0.25, 0.3) is 0 Å². The second kappa shape index (κ2) is 11.4. The summed E-state index contributed by atoms with van der Waals surface area (Å²) in [7, 11) is 1.88. The minimum atomic E-state index is -1.26. The molecule has 1 aliphatic rings. The van der Waals surface area contributed by atoms with E-state index in [0.717, 1.165) is 39.7 Å². The molecule has 0 unspecified atom stereocenters. The van der Waals surface area contributed by atoms with Gasteiger partial charge in [0.2, 0.25) is 5.91 Å². The molecular formula is C35H32F2N6O3S. The Labute approximate surface area is 273 Å². The molecule has 1 atom stereocenters. The maximum Gasteiger partial charge on any atom is 0.246 e. The van der Waals surface area contributed by atoms with Crippen LogP contribution in [-0.4, -0.2) is 59.2 Å². The first-order valence-corrected chi connectivity index (χ1v) is 16.0. The van der Waals surface area contributed by atoms with Crippen molar-refractivity contribution in [2.75, 3.05) is 13.2 Å². The molecule has 1 aliphatic heterocycles. The first-order valence-electron chi connectivity index (χ1n) is 15.1. The van der Waals surface area contributed by atoms with Crippen LogP contribution < -0.4 is 4.74 Å². The van der Waals surface area contributed by atoms with E-state index in [0.29, 0.717) is 40.4 Å². The minimum Gasteiger partial charge on any atom is -0.490 e. The van der Waals surface area contributed by atoms with Gasteiger partial charge in [-0.3, -0.25) is 14.2 Å².